The van der Waals surface area contributed by atoms with Gasteiger partial charge in [-0.2, -0.15) is 0 Å². The highest BCUT2D eigenvalue weighted by atomic mass is 16.4. The summed E-state index contributed by atoms with van der Waals surface area (Å²) in [5.74, 6) is -1.08. The molecule has 0 saturated carbocycles. The molecule has 1 atom stereocenters. The number of aliphatic hydroxyl groups is 1. The normalized spacial score (nSPS) is 12.3. The largest absolute Gasteiger partial charge is 0.550 e. The highest BCUT2D eigenvalue weighted by Crippen LogP contribution is 2.16. The molecule has 0 fully saturated rings. The Morgan fingerprint density at radius 3 is 1.21 bits per heavy atom. The van der Waals surface area contributed by atoms with Gasteiger partial charge in [-0.15, -0.1) is 0 Å². The molecule has 176 valence electrons. The van der Waals surface area contributed by atoms with E-state index in [1.54, 1.807) is 0 Å². The van der Waals surface area contributed by atoms with Crippen LogP contribution >= 0.6 is 0 Å². The minimum atomic E-state index is -1.08. The molecule has 0 rings (SSSR count). The van der Waals surface area contributed by atoms with Crippen molar-refractivity contribution >= 4 is 5.97 Å². The smallest absolute Gasteiger partial charge is 0.187 e. The first-order valence-corrected chi connectivity index (χ1v) is 12.5. The van der Waals surface area contributed by atoms with Gasteiger partial charge < -0.3 is 19.5 Å². The fourth-order valence-corrected chi connectivity index (χ4v) is 3.70. The van der Waals surface area contributed by atoms with E-state index in [9.17, 15) is 5.11 Å². The van der Waals surface area contributed by atoms with Gasteiger partial charge in [0.2, 0.25) is 0 Å². The Kier molecular flexibility index (Phi) is 23.3. The Morgan fingerprint density at radius 2 is 0.966 bits per heavy atom. The molecule has 0 aliphatic carbocycles. The van der Waals surface area contributed by atoms with E-state index in [1.807, 2.05) is 6.92 Å². The van der Waals surface area contributed by atoms with Gasteiger partial charge in [0.25, 0.3) is 0 Å². The first kappa shape index (κ1) is 30.6. The van der Waals surface area contributed by atoms with Gasteiger partial charge in [-0.1, -0.05) is 90.9 Å². The number of carbonyl (C=O) groups is 1. The number of hydrogen-bond acceptors (Lipinski definition) is 3. The molecular formula is C25H53NO3. The van der Waals surface area contributed by atoms with E-state index in [1.165, 1.54) is 103 Å². The van der Waals surface area contributed by atoms with Crippen molar-refractivity contribution in [3.63, 3.8) is 0 Å². The predicted octanol–water partition coefficient (Wildman–Crippen LogP) is 5.81. The van der Waals surface area contributed by atoms with E-state index in [-0.39, 0.29) is 6.23 Å². The lowest BCUT2D eigenvalue weighted by Crippen LogP contribution is -2.52. The van der Waals surface area contributed by atoms with Crippen LogP contribution in [0.15, 0.2) is 0 Å². The number of rotatable bonds is 19. The first-order valence-electron chi connectivity index (χ1n) is 12.5. The maximum absolute atomic E-state index is 10.2. The molecule has 0 heterocycles. The van der Waals surface area contributed by atoms with Crippen LogP contribution in [0.4, 0.5) is 0 Å². The molecule has 0 aliphatic rings. The van der Waals surface area contributed by atoms with Crippen molar-refractivity contribution in [2.45, 2.75) is 137 Å². The highest BCUT2D eigenvalue weighted by Gasteiger charge is 2.26. The van der Waals surface area contributed by atoms with Crippen LogP contribution in [0.25, 0.3) is 0 Å². The van der Waals surface area contributed by atoms with E-state index in [4.69, 9.17) is 9.90 Å². The molecule has 1 N–H and O–H groups in total. The topological polar surface area (TPSA) is 60.4 Å². The van der Waals surface area contributed by atoms with Crippen molar-refractivity contribution in [1.29, 1.82) is 0 Å². The van der Waals surface area contributed by atoms with Crippen molar-refractivity contribution < 1.29 is 19.5 Å². The molecule has 0 amide bonds. The summed E-state index contributed by atoms with van der Waals surface area (Å²) in [5, 5.41) is 19.1. The predicted molar refractivity (Wildman–Crippen MR) is 124 cm³/mol. The number of quaternary nitrogens is 1. The maximum Gasteiger partial charge on any atom is 0.187 e. The summed E-state index contributed by atoms with van der Waals surface area (Å²) >= 11 is 0. The number of carbonyl (C=O) groups excluding carboxylic acids is 1. The number of hydrogen-bond donors (Lipinski definition) is 1. The summed E-state index contributed by atoms with van der Waals surface area (Å²) in [6.45, 7) is 9.80. The highest BCUT2D eigenvalue weighted by molar-refractivity contribution is 5.60. The molecule has 4 heteroatoms. The van der Waals surface area contributed by atoms with Gasteiger partial charge in [0.05, 0.1) is 20.1 Å². The molecular weight excluding hydrogens is 362 g/mol. The quantitative estimate of drug-likeness (QED) is 0.164. The van der Waals surface area contributed by atoms with Crippen molar-refractivity contribution in [2.75, 3.05) is 20.1 Å². The minimum absolute atomic E-state index is 0.228. The molecule has 0 radical (unpaired) electrons. The third-order valence-electron chi connectivity index (χ3n) is 5.95. The number of carboxylic acid groups (broad SMARTS) is 1. The second kappa shape index (κ2) is 22.1. The van der Waals surface area contributed by atoms with E-state index in [0.717, 1.165) is 24.5 Å². The van der Waals surface area contributed by atoms with E-state index in [2.05, 4.69) is 20.9 Å². The van der Waals surface area contributed by atoms with Crippen LogP contribution in [0.5, 0.6) is 0 Å². The zero-order valence-electron chi connectivity index (χ0n) is 20.5. The lowest BCUT2D eigenvalue weighted by Gasteiger charge is -2.37. The molecule has 0 bridgehead atoms. The first-order chi connectivity index (χ1) is 13.8. The van der Waals surface area contributed by atoms with Crippen LogP contribution in [0.1, 0.15) is 130 Å². The Labute approximate surface area is 182 Å². The number of aliphatic hydroxyl groups excluding tert-OH is 1. The van der Waals surface area contributed by atoms with Crippen molar-refractivity contribution in [2.24, 2.45) is 0 Å². The van der Waals surface area contributed by atoms with Crippen molar-refractivity contribution in [1.82, 2.24) is 0 Å². The SMILES string of the molecule is CC(=O)[O-].CCCCCCCCCC[N+](C)(CCCCCCCCCC)C(C)O. The van der Waals surface area contributed by atoms with Crippen molar-refractivity contribution in [3.8, 4) is 0 Å². The van der Waals surface area contributed by atoms with Gasteiger partial charge in [-0.3, -0.25) is 0 Å². The number of aliphatic carboxylic acids is 1. The summed E-state index contributed by atoms with van der Waals surface area (Å²) in [5.41, 5.74) is 0. The second-order valence-electron chi connectivity index (χ2n) is 9.00. The zero-order chi connectivity index (χ0) is 22.4. The van der Waals surface area contributed by atoms with Crippen LogP contribution in [-0.4, -0.2) is 41.9 Å². The lowest BCUT2D eigenvalue weighted by molar-refractivity contribution is -0.952. The van der Waals surface area contributed by atoms with Crippen molar-refractivity contribution in [3.05, 3.63) is 0 Å². The van der Waals surface area contributed by atoms with E-state index >= 15 is 0 Å². The number of nitrogens with zero attached hydrogens (tertiary/aromatic N) is 1. The van der Waals surface area contributed by atoms with Gasteiger partial charge >= 0.3 is 0 Å². The second-order valence-corrected chi connectivity index (χ2v) is 9.00. The van der Waals surface area contributed by atoms with Gasteiger partial charge in [0.1, 0.15) is 0 Å². The molecule has 0 aromatic heterocycles. The zero-order valence-corrected chi connectivity index (χ0v) is 20.5. The van der Waals surface area contributed by atoms with Crippen LogP contribution in [0, 0.1) is 0 Å². The summed E-state index contributed by atoms with van der Waals surface area (Å²) in [7, 11) is 2.26. The van der Waals surface area contributed by atoms with E-state index in [0.29, 0.717) is 0 Å². The molecule has 0 saturated heterocycles. The average molecular weight is 416 g/mol. The van der Waals surface area contributed by atoms with Crippen LogP contribution in [0.2, 0.25) is 0 Å². The molecule has 0 aliphatic heterocycles. The number of unbranched alkanes of at least 4 members (excludes halogenated alkanes) is 14. The molecule has 29 heavy (non-hydrogen) atoms. The Balaban J connectivity index is 0. The average Bonchev–Trinajstić information content (AvgIpc) is 2.65. The lowest BCUT2D eigenvalue weighted by atomic mass is 10.1. The van der Waals surface area contributed by atoms with Crippen LogP contribution in [-0.2, 0) is 4.79 Å². The summed E-state index contributed by atoms with van der Waals surface area (Å²) in [6.07, 6.45) is 21.7. The van der Waals surface area contributed by atoms with Gasteiger partial charge in [-0.25, -0.2) is 0 Å². The maximum atomic E-state index is 10.2. The van der Waals surface area contributed by atoms with Gasteiger partial charge in [0.15, 0.2) is 6.23 Å². The van der Waals surface area contributed by atoms with Crippen LogP contribution < -0.4 is 5.11 Å². The molecule has 0 aromatic rings. The summed E-state index contributed by atoms with van der Waals surface area (Å²) in [6, 6.07) is 0. The summed E-state index contributed by atoms with van der Waals surface area (Å²) < 4.78 is 0.853. The third-order valence-corrected chi connectivity index (χ3v) is 5.95. The fourth-order valence-electron chi connectivity index (χ4n) is 3.70. The molecule has 0 spiro atoms. The Bertz CT molecular complexity index is 321. The minimum Gasteiger partial charge on any atom is -0.550 e. The standard InChI is InChI=1S/C23H50NO.C2H4O2/c1-5-7-9-11-13-15-17-19-21-24(4,23(3)25)22-20-18-16-14-12-10-8-6-2;1-2(3)4/h23,25H,5-22H2,1-4H3;1H3,(H,3,4)/q+1;/p-1. The Hall–Kier alpha value is -0.610. The molecule has 4 nitrogen and oxygen atoms in total. The van der Waals surface area contributed by atoms with E-state index < -0.39 is 5.97 Å². The fraction of sp³-hybridized carbons (Fsp3) is 0.960. The Morgan fingerprint density at radius 1 is 0.724 bits per heavy atom. The van der Waals surface area contributed by atoms with Gasteiger partial charge in [-0.05, 0) is 32.6 Å². The number of carboxylic acids is 1. The van der Waals surface area contributed by atoms with Crippen LogP contribution in [0.3, 0.4) is 0 Å². The third kappa shape index (κ3) is 23.5. The molecule has 0 aromatic carbocycles. The molecule has 1 unspecified atom stereocenters. The van der Waals surface area contributed by atoms with Gasteiger partial charge in [0, 0.05) is 12.9 Å². The monoisotopic (exact) mass is 415 g/mol. The summed E-state index contributed by atoms with van der Waals surface area (Å²) in [4.78, 5) is 8.89.